The van der Waals surface area contributed by atoms with Gasteiger partial charge in [-0.3, -0.25) is 4.98 Å². The molecule has 1 aliphatic rings. The van der Waals surface area contributed by atoms with Gasteiger partial charge in [-0.1, -0.05) is 0 Å². The molecule has 18 heavy (non-hydrogen) atoms. The zero-order valence-electron chi connectivity index (χ0n) is 10.8. The standard InChI is InChI=1S/C13H19NO4/c1-15-7-8-18-11-3-5-14-12(9-11)13(16-2)4-6-17-10-13/h3,5,9H,4,6-8,10H2,1-2H3. The summed E-state index contributed by atoms with van der Waals surface area (Å²) in [6.07, 6.45) is 2.55. The second kappa shape index (κ2) is 6.13. The lowest BCUT2D eigenvalue weighted by Gasteiger charge is -2.25. The number of nitrogens with zero attached hydrogens (tertiary/aromatic N) is 1. The second-order valence-corrected chi connectivity index (χ2v) is 4.22. The van der Waals surface area contributed by atoms with Gasteiger partial charge < -0.3 is 18.9 Å². The maximum absolute atomic E-state index is 5.60. The SMILES string of the molecule is COCCOc1ccnc(C2(OC)CCOC2)c1. The molecule has 0 amide bonds. The molecule has 2 heterocycles. The summed E-state index contributed by atoms with van der Waals surface area (Å²) in [6.45, 7) is 2.33. The lowest BCUT2D eigenvalue weighted by molar-refractivity contribution is -0.0247. The highest BCUT2D eigenvalue weighted by atomic mass is 16.5. The maximum Gasteiger partial charge on any atom is 0.135 e. The van der Waals surface area contributed by atoms with Gasteiger partial charge in [-0.15, -0.1) is 0 Å². The predicted molar refractivity (Wildman–Crippen MR) is 65.7 cm³/mol. The third kappa shape index (κ3) is 2.80. The zero-order chi connectivity index (χ0) is 12.8. The van der Waals surface area contributed by atoms with Crippen LogP contribution in [-0.4, -0.2) is 45.6 Å². The number of methoxy groups -OCH3 is 2. The van der Waals surface area contributed by atoms with E-state index in [0.29, 0.717) is 26.4 Å². The van der Waals surface area contributed by atoms with Crippen LogP contribution in [0.15, 0.2) is 18.3 Å². The highest BCUT2D eigenvalue weighted by Gasteiger charge is 2.38. The third-order valence-corrected chi connectivity index (χ3v) is 3.13. The van der Waals surface area contributed by atoms with Crippen molar-refractivity contribution in [3.8, 4) is 5.75 Å². The van der Waals surface area contributed by atoms with E-state index >= 15 is 0 Å². The molecule has 0 N–H and O–H groups in total. The third-order valence-electron chi connectivity index (χ3n) is 3.13. The Morgan fingerprint density at radius 2 is 2.28 bits per heavy atom. The number of pyridine rings is 1. The summed E-state index contributed by atoms with van der Waals surface area (Å²) in [7, 11) is 3.34. The van der Waals surface area contributed by atoms with Gasteiger partial charge in [-0.05, 0) is 6.07 Å². The van der Waals surface area contributed by atoms with E-state index in [1.807, 2.05) is 12.1 Å². The fourth-order valence-corrected chi connectivity index (χ4v) is 2.01. The van der Waals surface area contributed by atoms with Gasteiger partial charge in [0.15, 0.2) is 0 Å². The minimum atomic E-state index is -0.430. The molecule has 1 aliphatic heterocycles. The maximum atomic E-state index is 5.60. The van der Waals surface area contributed by atoms with E-state index in [0.717, 1.165) is 17.9 Å². The smallest absolute Gasteiger partial charge is 0.135 e. The van der Waals surface area contributed by atoms with Gasteiger partial charge in [-0.2, -0.15) is 0 Å². The average Bonchev–Trinajstić information content (AvgIpc) is 2.89. The minimum absolute atomic E-state index is 0.430. The second-order valence-electron chi connectivity index (χ2n) is 4.22. The molecular formula is C13H19NO4. The minimum Gasteiger partial charge on any atom is -0.491 e. The molecule has 1 aromatic heterocycles. The molecule has 5 nitrogen and oxygen atoms in total. The topological polar surface area (TPSA) is 49.8 Å². The van der Waals surface area contributed by atoms with Crippen LogP contribution in [0.25, 0.3) is 0 Å². The van der Waals surface area contributed by atoms with Gasteiger partial charge >= 0.3 is 0 Å². The summed E-state index contributed by atoms with van der Waals surface area (Å²) in [5.74, 6) is 0.778. The Kier molecular flexibility index (Phi) is 4.52. The molecule has 1 saturated heterocycles. The molecule has 2 rings (SSSR count). The predicted octanol–water partition coefficient (Wildman–Crippen LogP) is 1.37. The molecule has 1 aromatic rings. The molecule has 0 aromatic carbocycles. The molecule has 0 bridgehead atoms. The van der Waals surface area contributed by atoms with Gasteiger partial charge in [0, 0.05) is 39.5 Å². The van der Waals surface area contributed by atoms with E-state index in [9.17, 15) is 0 Å². The van der Waals surface area contributed by atoms with E-state index in [4.69, 9.17) is 18.9 Å². The summed E-state index contributed by atoms with van der Waals surface area (Å²) in [5, 5.41) is 0. The molecular weight excluding hydrogens is 234 g/mol. The van der Waals surface area contributed by atoms with Gasteiger partial charge in [-0.25, -0.2) is 0 Å². The molecule has 1 atom stereocenters. The van der Waals surface area contributed by atoms with Crippen LogP contribution in [-0.2, 0) is 19.8 Å². The molecule has 5 heteroatoms. The van der Waals surface area contributed by atoms with Gasteiger partial charge in [0.1, 0.15) is 18.0 Å². The molecule has 1 fully saturated rings. The summed E-state index contributed by atoms with van der Waals surface area (Å²) in [4.78, 5) is 4.38. The molecule has 0 saturated carbocycles. The van der Waals surface area contributed by atoms with E-state index in [1.54, 1.807) is 20.4 Å². The lowest BCUT2D eigenvalue weighted by atomic mass is 9.98. The van der Waals surface area contributed by atoms with Crippen LogP contribution in [0.5, 0.6) is 5.75 Å². The Hall–Kier alpha value is -1.17. The Bertz CT molecular complexity index is 377. The Morgan fingerprint density at radius 3 is 2.94 bits per heavy atom. The molecule has 0 aliphatic carbocycles. The summed E-state index contributed by atoms with van der Waals surface area (Å²) >= 11 is 0. The molecule has 0 spiro atoms. The molecule has 0 radical (unpaired) electrons. The Labute approximate surface area is 107 Å². The summed E-state index contributed by atoms with van der Waals surface area (Å²) in [5.41, 5.74) is 0.429. The first-order valence-corrected chi connectivity index (χ1v) is 6.02. The van der Waals surface area contributed by atoms with E-state index < -0.39 is 5.60 Å². The van der Waals surface area contributed by atoms with Crippen molar-refractivity contribution < 1.29 is 18.9 Å². The van der Waals surface area contributed by atoms with Gasteiger partial charge in [0.2, 0.25) is 0 Å². The van der Waals surface area contributed by atoms with Crippen molar-refractivity contribution in [1.29, 1.82) is 0 Å². The normalized spacial score (nSPS) is 23.2. The van der Waals surface area contributed by atoms with E-state index in [-0.39, 0.29) is 0 Å². The monoisotopic (exact) mass is 253 g/mol. The lowest BCUT2D eigenvalue weighted by Crippen LogP contribution is -2.29. The number of hydrogen-bond acceptors (Lipinski definition) is 5. The first-order chi connectivity index (χ1) is 8.80. The van der Waals surface area contributed by atoms with Crippen LogP contribution in [0, 0.1) is 0 Å². The quantitative estimate of drug-likeness (QED) is 0.717. The van der Waals surface area contributed by atoms with Crippen LogP contribution in [0.2, 0.25) is 0 Å². The van der Waals surface area contributed by atoms with Crippen LogP contribution in [0.4, 0.5) is 0 Å². The number of hydrogen-bond donors (Lipinski definition) is 0. The van der Waals surface area contributed by atoms with Crippen molar-refractivity contribution in [2.24, 2.45) is 0 Å². The van der Waals surface area contributed by atoms with Gasteiger partial charge in [0.05, 0.1) is 18.9 Å². The highest BCUT2D eigenvalue weighted by Crippen LogP contribution is 2.33. The van der Waals surface area contributed by atoms with Crippen molar-refractivity contribution in [2.45, 2.75) is 12.0 Å². The van der Waals surface area contributed by atoms with Crippen LogP contribution in [0.3, 0.4) is 0 Å². The fourth-order valence-electron chi connectivity index (χ4n) is 2.01. The summed E-state index contributed by atoms with van der Waals surface area (Å²) < 4.78 is 21.5. The zero-order valence-corrected chi connectivity index (χ0v) is 10.8. The van der Waals surface area contributed by atoms with Crippen molar-refractivity contribution in [2.75, 3.05) is 40.6 Å². The molecule has 100 valence electrons. The van der Waals surface area contributed by atoms with Crippen molar-refractivity contribution in [1.82, 2.24) is 4.98 Å². The largest absolute Gasteiger partial charge is 0.491 e. The highest BCUT2D eigenvalue weighted by molar-refractivity contribution is 5.27. The number of rotatable bonds is 6. The van der Waals surface area contributed by atoms with Crippen molar-refractivity contribution in [3.05, 3.63) is 24.0 Å². The number of aromatic nitrogens is 1. The first kappa shape index (κ1) is 13.3. The van der Waals surface area contributed by atoms with Crippen LogP contribution >= 0.6 is 0 Å². The first-order valence-electron chi connectivity index (χ1n) is 6.02. The van der Waals surface area contributed by atoms with Crippen LogP contribution < -0.4 is 4.74 Å². The fraction of sp³-hybridized carbons (Fsp3) is 0.615. The van der Waals surface area contributed by atoms with E-state index in [1.165, 1.54) is 0 Å². The van der Waals surface area contributed by atoms with Crippen molar-refractivity contribution >= 4 is 0 Å². The van der Waals surface area contributed by atoms with Crippen molar-refractivity contribution in [3.63, 3.8) is 0 Å². The Balaban J connectivity index is 2.10. The van der Waals surface area contributed by atoms with E-state index in [2.05, 4.69) is 4.98 Å². The number of ether oxygens (including phenoxy) is 4. The Morgan fingerprint density at radius 1 is 1.39 bits per heavy atom. The summed E-state index contributed by atoms with van der Waals surface area (Å²) in [6, 6.07) is 3.74. The van der Waals surface area contributed by atoms with Gasteiger partial charge in [0.25, 0.3) is 0 Å². The average molecular weight is 253 g/mol. The van der Waals surface area contributed by atoms with Crippen LogP contribution in [0.1, 0.15) is 12.1 Å². The molecule has 1 unspecified atom stereocenters.